The smallest absolute Gasteiger partial charge is 0.251 e. The average Bonchev–Trinajstić information content (AvgIpc) is 2.46. The molecule has 1 aliphatic rings. The Kier molecular flexibility index (Phi) is 6.06. The molecule has 1 atom stereocenters. The van der Waals surface area contributed by atoms with Gasteiger partial charge in [0.2, 0.25) is 0 Å². The lowest BCUT2D eigenvalue weighted by atomic mass is 10.3. The van der Waals surface area contributed by atoms with Crippen molar-refractivity contribution in [2.75, 3.05) is 45.0 Å². The van der Waals surface area contributed by atoms with Crippen molar-refractivity contribution in [2.45, 2.75) is 11.3 Å². The van der Waals surface area contributed by atoms with Crippen LogP contribution in [0.25, 0.3) is 0 Å². The van der Waals surface area contributed by atoms with Crippen molar-refractivity contribution in [3.8, 4) is 0 Å². The van der Waals surface area contributed by atoms with Crippen LogP contribution in [0.1, 0.15) is 0 Å². The van der Waals surface area contributed by atoms with E-state index in [9.17, 15) is 13.0 Å². The maximum atomic E-state index is 12.3. The standard InChI is InChI=1S/C14H20F2N2OS/c15-14(16)12-18-8-6-17(7-9-18)10-11-20(19)13-4-2-1-3-5-13/h1-5,14H,6-12H2/t20-/m0/s1. The largest absolute Gasteiger partial charge is 0.300 e. The third kappa shape index (κ3) is 4.92. The molecule has 0 aromatic heterocycles. The number of benzene rings is 1. The molecule has 1 aromatic rings. The molecule has 6 heteroatoms. The monoisotopic (exact) mass is 302 g/mol. The third-order valence-corrected chi connectivity index (χ3v) is 4.81. The van der Waals surface area contributed by atoms with Gasteiger partial charge in [-0.1, -0.05) is 18.2 Å². The van der Waals surface area contributed by atoms with Gasteiger partial charge in [0.1, 0.15) is 0 Å². The zero-order valence-corrected chi connectivity index (χ0v) is 12.2. The van der Waals surface area contributed by atoms with Crippen LogP contribution in [0.15, 0.2) is 35.2 Å². The summed E-state index contributed by atoms with van der Waals surface area (Å²) < 4.78 is 36.6. The highest BCUT2D eigenvalue weighted by molar-refractivity contribution is 7.85. The first-order valence-electron chi connectivity index (χ1n) is 6.81. The molecule has 20 heavy (non-hydrogen) atoms. The summed E-state index contributed by atoms with van der Waals surface area (Å²) in [5.41, 5.74) is 0. The number of piperazine rings is 1. The Morgan fingerprint density at radius 2 is 1.65 bits per heavy atom. The highest BCUT2D eigenvalue weighted by Gasteiger charge is 2.19. The van der Waals surface area contributed by atoms with Crippen molar-refractivity contribution in [3.05, 3.63) is 30.3 Å². The van der Waals surface area contributed by atoms with E-state index >= 15 is 0 Å². The van der Waals surface area contributed by atoms with Gasteiger partial charge in [-0.05, 0) is 12.1 Å². The second-order valence-electron chi connectivity index (χ2n) is 4.90. The van der Waals surface area contributed by atoms with Crippen LogP contribution in [0.4, 0.5) is 8.78 Å². The van der Waals surface area contributed by atoms with Gasteiger partial charge in [0.25, 0.3) is 6.43 Å². The highest BCUT2D eigenvalue weighted by Crippen LogP contribution is 2.08. The Morgan fingerprint density at radius 1 is 1.05 bits per heavy atom. The Labute approximate surface area is 121 Å². The van der Waals surface area contributed by atoms with Gasteiger partial charge in [-0.15, -0.1) is 0 Å². The number of rotatable bonds is 6. The van der Waals surface area contributed by atoms with Crippen LogP contribution in [-0.4, -0.2) is 65.5 Å². The summed E-state index contributed by atoms with van der Waals surface area (Å²) >= 11 is 0. The minimum Gasteiger partial charge on any atom is -0.300 e. The number of alkyl halides is 2. The molecule has 2 rings (SSSR count). The van der Waals surface area contributed by atoms with Crippen molar-refractivity contribution in [3.63, 3.8) is 0 Å². The van der Waals surface area contributed by atoms with Gasteiger partial charge < -0.3 is 0 Å². The van der Waals surface area contributed by atoms with Gasteiger partial charge in [0.15, 0.2) is 0 Å². The van der Waals surface area contributed by atoms with Crippen LogP contribution in [0.3, 0.4) is 0 Å². The van der Waals surface area contributed by atoms with Crippen molar-refractivity contribution in [1.29, 1.82) is 0 Å². The fourth-order valence-electron chi connectivity index (χ4n) is 2.29. The lowest BCUT2D eigenvalue weighted by Gasteiger charge is -2.34. The molecule has 1 aliphatic heterocycles. The molecule has 112 valence electrons. The summed E-state index contributed by atoms with van der Waals surface area (Å²) in [6, 6.07) is 9.42. The molecule has 0 radical (unpaired) electrons. The SMILES string of the molecule is O=[S@@](CCN1CCN(CC(F)F)CC1)c1ccccc1. The predicted molar refractivity (Wildman–Crippen MR) is 76.6 cm³/mol. The van der Waals surface area contributed by atoms with E-state index in [-0.39, 0.29) is 6.54 Å². The molecule has 0 aliphatic carbocycles. The average molecular weight is 302 g/mol. The molecule has 1 saturated heterocycles. The molecule has 0 saturated carbocycles. The molecule has 3 nitrogen and oxygen atoms in total. The van der Waals surface area contributed by atoms with E-state index in [2.05, 4.69) is 4.90 Å². The van der Waals surface area contributed by atoms with Crippen molar-refractivity contribution in [2.24, 2.45) is 0 Å². The molecule has 1 aromatic carbocycles. The molecule has 0 N–H and O–H groups in total. The predicted octanol–water partition coefficient (Wildman–Crippen LogP) is 1.68. The van der Waals surface area contributed by atoms with Gasteiger partial charge in [0.05, 0.1) is 17.3 Å². The Balaban J connectivity index is 1.70. The fourth-order valence-corrected chi connectivity index (χ4v) is 3.41. The minimum atomic E-state index is -2.26. The van der Waals surface area contributed by atoms with Crippen LogP contribution < -0.4 is 0 Å². The normalized spacial score (nSPS) is 19.4. The lowest BCUT2D eigenvalue weighted by Crippen LogP contribution is -2.48. The van der Waals surface area contributed by atoms with Gasteiger partial charge in [0, 0.05) is 43.4 Å². The summed E-state index contributed by atoms with van der Waals surface area (Å²) in [5, 5.41) is 0. The molecular weight excluding hydrogens is 282 g/mol. The number of hydrogen-bond acceptors (Lipinski definition) is 3. The molecule has 1 heterocycles. The van der Waals surface area contributed by atoms with E-state index < -0.39 is 17.2 Å². The lowest BCUT2D eigenvalue weighted by molar-refractivity contribution is 0.0579. The fraction of sp³-hybridized carbons (Fsp3) is 0.571. The zero-order valence-electron chi connectivity index (χ0n) is 11.4. The topological polar surface area (TPSA) is 23.6 Å². The summed E-state index contributed by atoms with van der Waals surface area (Å²) in [6.07, 6.45) is -2.26. The van der Waals surface area contributed by atoms with E-state index in [4.69, 9.17) is 0 Å². The molecule has 0 spiro atoms. The van der Waals surface area contributed by atoms with Crippen molar-refractivity contribution in [1.82, 2.24) is 9.80 Å². The minimum absolute atomic E-state index is 0.135. The zero-order chi connectivity index (χ0) is 14.4. The van der Waals surface area contributed by atoms with Gasteiger partial charge in [-0.25, -0.2) is 8.78 Å². The van der Waals surface area contributed by atoms with E-state index in [1.807, 2.05) is 30.3 Å². The molecule has 0 unspecified atom stereocenters. The van der Waals surface area contributed by atoms with Gasteiger partial charge >= 0.3 is 0 Å². The number of nitrogens with zero attached hydrogens (tertiary/aromatic N) is 2. The summed E-state index contributed by atoms with van der Waals surface area (Å²) in [5.74, 6) is 0.596. The number of hydrogen-bond donors (Lipinski definition) is 0. The van der Waals surface area contributed by atoms with Crippen LogP contribution >= 0.6 is 0 Å². The van der Waals surface area contributed by atoms with E-state index in [1.54, 1.807) is 4.90 Å². The first-order valence-corrected chi connectivity index (χ1v) is 8.13. The first kappa shape index (κ1) is 15.5. The molecule has 0 bridgehead atoms. The summed E-state index contributed by atoms with van der Waals surface area (Å²) in [6.45, 7) is 3.51. The maximum absolute atomic E-state index is 12.3. The Bertz CT molecular complexity index is 422. The van der Waals surface area contributed by atoms with Crippen LogP contribution in [0.5, 0.6) is 0 Å². The maximum Gasteiger partial charge on any atom is 0.251 e. The van der Waals surface area contributed by atoms with Crippen LogP contribution in [-0.2, 0) is 10.8 Å². The van der Waals surface area contributed by atoms with Crippen LogP contribution in [0, 0.1) is 0 Å². The van der Waals surface area contributed by atoms with Crippen LogP contribution in [0.2, 0.25) is 0 Å². The van der Waals surface area contributed by atoms with Gasteiger partial charge in [-0.2, -0.15) is 0 Å². The molecule has 0 amide bonds. The van der Waals surface area contributed by atoms with E-state index in [0.717, 1.165) is 24.5 Å². The molecule has 1 fully saturated rings. The highest BCUT2D eigenvalue weighted by atomic mass is 32.2. The van der Waals surface area contributed by atoms with E-state index in [0.29, 0.717) is 18.8 Å². The van der Waals surface area contributed by atoms with E-state index in [1.165, 1.54) is 0 Å². The Morgan fingerprint density at radius 3 is 2.25 bits per heavy atom. The van der Waals surface area contributed by atoms with Crippen molar-refractivity contribution < 1.29 is 13.0 Å². The second-order valence-corrected chi connectivity index (χ2v) is 6.47. The molecular formula is C14H20F2N2OS. The summed E-state index contributed by atoms with van der Waals surface area (Å²) in [7, 11) is -0.978. The third-order valence-electron chi connectivity index (χ3n) is 3.46. The van der Waals surface area contributed by atoms with Crippen molar-refractivity contribution >= 4 is 10.8 Å². The number of halogens is 2. The quantitative estimate of drug-likeness (QED) is 0.799. The summed E-state index contributed by atoms with van der Waals surface area (Å²) in [4.78, 5) is 4.84. The Hall–Kier alpha value is -0.850. The first-order chi connectivity index (χ1) is 9.65. The van der Waals surface area contributed by atoms with Gasteiger partial charge in [-0.3, -0.25) is 14.0 Å². The second kappa shape index (κ2) is 7.81.